The fraction of sp³-hybridized carbons (Fsp3) is 0.0909. The molecule has 0 aliphatic heterocycles. The molecule has 1 aromatic heterocycles. The van der Waals surface area contributed by atoms with E-state index in [1.54, 1.807) is 11.3 Å². The van der Waals surface area contributed by atoms with E-state index in [1.165, 1.54) is 6.07 Å². The molecule has 0 atom stereocenters. The average Bonchev–Trinajstić information content (AvgIpc) is 2.73. The monoisotopic (exact) mass is 225 g/mol. The number of hydrogen-bond acceptors (Lipinski definition) is 2. The van der Waals surface area contributed by atoms with Crippen molar-refractivity contribution in [3.05, 3.63) is 52.2 Å². The highest BCUT2D eigenvalue weighted by molar-refractivity contribution is 7.09. The van der Waals surface area contributed by atoms with E-state index < -0.39 is 11.6 Å². The minimum atomic E-state index is -0.828. The summed E-state index contributed by atoms with van der Waals surface area (Å²) < 4.78 is 25.4. The lowest BCUT2D eigenvalue weighted by Crippen LogP contribution is -1.98. The number of hydrogen-bond donors (Lipinski definition) is 1. The smallest absolute Gasteiger partial charge is 0.160 e. The molecule has 0 aliphatic rings. The summed E-state index contributed by atoms with van der Waals surface area (Å²) in [6.07, 6.45) is 0. The number of anilines is 1. The summed E-state index contributed by atoms with van der Waals surface area (Å²) >= 11 is 1.62. The van der Waals surface area contributed by atoms with Crippen molar-refractivity contribution in [2.45, 2.75) is 6.54 Å². The fourth-order valence-corrected chi connectivity index (χ4v) is 1.85. The van der Waals surface area contributed by atoms with Crippen molar-refractivity contribution in [2.75, 3.05) is 5.32 Å². The molecule has 1 N–H and O–H groups in total. The van der Waals surface area contributed by atoms with E-state index >= 15 is 0 Å². The first-order valence-electron chi connectivity index (χ1n) is 4.47. The Morgan fingerprint density at radius 3 is 2.67 bits per heavy atom. The van der Waals surface area contributed by atoms with Gasteiger partial charge in [-0.1, -0.05) is 6.07 Å². The van der Waals surface area contributed by atoms with Gasteiger partial charge in [0.15, 0.2) is 11.6 Å². The van der Waals surface area contributed by atoms with Crippen molar-refractivity contribution >= 4 is 17.0 Å². The van der Waals surface area contributed by atoms with Crippen LogP contribution in [0.2, 0.25) is 0 Å². The van der Waals surface area contributed by atoms with Gasteiger partial charge < -0.3 is 5.32 Å². The second kappa shape index (κ2) is 4.40. The van der Waals surface area contributed by atoms with Gasteiger partial charge in [-0.3, -0.25) is 0 Å². The second-order valence-corrected chi connectivity index (χ2v) is 4.09. The number of thiophene rings is 1. The van der Waals surface area contributed by atoms with Crippen LogP contribution >= 0.6 is 11.3 Å². The van der Waals surface area contributed by atoms with E-state index in [1.807, 2.05) is 17.5 Å². The summed E-state index contributed by atoms with van der Waals surface area (Å²) in [5.74, 6) is -1.65. The van der Waals surface area contributed by atoms with Gasteiger partial charge in [-0.25, -0.2) is 8.78 Å². The van der Waals surface area contributed by atoms with E-state index in [2.05, 4.69) is 5.32 Å². The maximum Gasteiger partial charge on any atom is 0.160 e. The summed E-state index contributed by atoms with van der Waals surface area (Å²) in [5.41, 5.74) is 0.585. The van der Waals surface area contributed by atoms with Gasteiger partial charge in [-0.15, -0.1) is 11.3 Å². The molecule has 0 unspecified atom stereocenters. The highest BCUT2D eigenvalue weighted by Gasteiger charge is 2.02. The van der Waals surface area contributed by atoms with E-state index in [0.29, 0.717) is 12.2 Å². The molecule has 0 fully saturated rings. The topological polar surface area (TPSA) is 12.0 Å². The molecule has 15 heavy (non-hydrogen) atoms. The van der Waals surface area contributed by atoms with Crippen LogP contribution in [-0.4, -0.2) is 0 Å². The molecular weight excluding hydrogens is 216 g/mol. The first-order chi connectivity index (χ1) is 7.25. The zero-order valence-corrected chi connectivity index (χ0v) is 8.65. The Kier molecular flexibility index (Phi) is 2.97. The van der Waals surface area contributed by atoms with Crippen LogP contribution in [0.1, 0.15) is 4.88 Å². The Morgan fingerprint density at radius 2 is 2.00 bits per heavy atom. The highest BCUT2D eigenvalue weighted by Crippen LogP contribution is 2.15. The number of nitrogens with one attached hydrogen (secondary N) is 1. The molecule has 0 saturated carbocycles. The Morgan fingerprint density at radius 1 is 1.13 bits per heavy atom. The van der Waals surface area contributed by atoms with E-state index in [0.717, 1.165) is 17.0 Å². The van der Waals surface area contributed by atoms with Crippen molar-refractivity contribution in [3.63, 3.8) is 0 Å². The first-order valence-corrected chi connectivity index (χ1v) is 5.35. The first kappa shape index (κ1) is 10.1. The van der Waals surface area contributed by atoms with Gasteiger partial charge in [0.1, 0.15) is 0 Å². The molecule has 0 spiro atoms. The van der Waals surface area contributed by atoms with Gasteiger partial charge in [0.25, 0.3) is 0 Å². The SMILES string of the molecule is Fc1ccc(NCc2cccs2)cc1F. The lowest BCUT2D eigenvalue weighted by molar-refractivity contribution is 0.509. The minimum absolute atomic E-state index is 0.585. The van der Waals surface area contributed by atoms with Crippen molar-refractivity contribution < 1.29 is 8.78 Å². The molecule has 0 amide bonds. The molecule has 4 heteroatoms. The van der Waals surface area contributed by atoms with Crippen LogP contribution in [0.25, 0.3) is 0 Å². The van der Waals surface area contributed by atoms with Crippen LogP contribution in [0.3, 0.4) is 0 Å². The summed E-state index contributed by atoms with van der Waals surface area (Å²) in [6, 6.07) is 7.73. The van der Waals surface area contributed by atoms with Crippen LogP contribution in [0.4, 0.5) is 14.5 Å². The molecule has 2 rings (SSSR count). The lowest BCUT2D eigenvalue weighted by atomic mass is 10.3. The van der Waals surface area contributed by atoms with Crippen molar-refractivity contribution in [3.8, 4) is 0 Å². The van der Waals surface area contributed by atoms with E-state index in [9.17, 15) is 8.78 Å². The van der Waals surface area contributed by atoms with Crippen LogP contribution in [-0.2, 0) is 6.54 Å². The minimum Gasteiger partial charge on any atom is -0.380 e. The predicted octanol–water partition coefficient (Wildman–Crippen LogP) is 3.64. The summed E-state index contributed by atoms with van der Waals surface area (Å²) in [5, 5.41) is 4.99. The van der Waals surface area contributed by atoms with E-state index in [4.69, 9.17) is 0 Å². The van der Waals surface area contributed by atoms with Crippen molar-refractivity contribution in [2.24, 2.45) is 0 Å². The molecule has 0 saturated heterocycles. The predicted molar refractivity (Wildman–Crippen MR) is 58.0 cm³/mol. The quantitative estimate of drug-likeness (QED) is 0.841. The third-order valence-electron chi connectivity index (χ3n) is 1.97. The Balaban J connectivity index is 2.02. The van der Waals surface area contributed by atoms with Crippen molar-refractivity contribution in [1.82, 2.24) is 0 Å². The van der Waals surface area contributed by atoms with Gasteiger partial charge in [0.05, 0.1) is 0 Å². The van der Waals surface area contributed by atoms with Gasteiger partial charge >= 0.3 is 0 Å². The number of benzene rings is 1. The number of rotatable bonds is 3. The zero-order valence-electron chi connectivity index (χ0n) is 7.84. The van der Waals surface area contributed by atoms with Gasteiger partial charge in [-0.05, 0) is 23.6 Å². The molecule has 0 aliphatic carbocycles. The van der Waals surface area contributed by atoms with Crippen LogP contribution in [0, 0.1) is 11.6 Å². The molecule has 2 aromatic rings. The fourth-order valence-electron chi connectivity index (χ4n) is 1.21. The average molecular weight is 225 g/mol. The molecule has 78 valence electrons. The third kappa shape index (κ3) is 2.53. The normalized spacial score (nSPS) is 10.3. The Bertz CT molecular complexity index is 440. The molecule has 0 bridgehead atoms. The van der Waals surface area contributed by atoms with Crippen LogP contribution < -0.4 is 5.32 Å². The van der Waals surface area contributed by atoms with Crippen molar-refractivity contribution in [1.29, 1.82) is 0 Å². The van der Waals surface area contributed by atoms with Crippen LogP contribution in [0.5, 0.6) is 0 Å². The maximum atomic E-state index is 12.8. The molecule has 0 radical (unpaired) electrons. The zero-order chi connectivity index (χ0) is 10.7. The van der Waals surface area contributed by atoms with Gasteiger partial charge in [-0.2, -0.15) is 0 Å². The van der Waals surface area contributed by atoms with Crippen LogP contribution in [0.15, 0.2) is 35.7 Å². The van der Waals surface area contributed by atoms with Gasteiger partial charge in [0, 0.05) is 23.2 Å². The Hall–Kier alpha value is -1.42. The maximum absolute atomic E-state index is 12.8. The lowest BCUT2D eigenvalue weighted by Gasteiger charge is -2.04. The summed E-state index contributed by atoms with van der Waals surface area (Å²) in [7, 11) is 0. The highest BCUT2D eigenvalue weighted by atomic mass is 32.1. The standard InChI is InChI=1S/C11H9F2NS/c12-10-4-3-8(6-11(10)13)14-7-9-2-1-5-15-9/h1-6,14H,7H2. The molecular formula is C11H9F2NS. The molecule has 1 aromatic carbocycles. The Labute approximate surface area is 90.4 Å². The third-order valence-corrected chi connectivity index (χ3v) is 2.84. The molecule has 1 heterocycles. The molecule has 1 nitrogen and oxygen atoms in total. The summed E-state index contributed by atoms with van der Waals surface area (Å²) in [6.45, 7) is 0.628. The van der Waals surface area contributed by atoms with E-state index in [-0.39, 0.29) is 0 Å². The number of halogens is 2. The summed E-state index contributed by atoms with van der Waals surface area (Å²) in [4.78, 5) is 1.15. The largest absolute Gasteiger partial charge is 0.380 e. The second-order valence-electron chi connectivity index (χ2n) is 3.06. The van der Waals surface area contributed by atoms with Gasteiger partial charge in [0.2, 0.25) is 0 Å².